The molecule has 0 N–H and O–H groups in total. The summed E-state index contributed by atoms with van der Waals surface area (Å²) >= 11 is 3.77. The zero-order valence-electron chi connectivity index (χ0n) is 39.0. The van der Waals surface area contributed by atoms with Gasteiger partial charge >= 0.3 is 0 Å². The number of thiophene rings is 2. The number of hydrogen-bond donors (Lipinski definition) is 0. The molecule has 2 heterocycles. The van der Waals surface area contributed by atoms with Crippen LogP contribution in [0.2, 0.25) is 0 Å². The van der Waals surface area contributed by atoms with E-state index in [9.17, 15) is 0 Å². The van der Waals surface area contributed by atoms with E-state index < -0.39 is 0 Å². The minimum atomic E-state index is 1.09. The maximum absolute atomic E-state index is 2.45. The molecular formula is C67H46N2S2. The van der Waals surface area contributed by atoms with Gasteiger partial charge in [0.05, 0.1) is 0 Å². The Morgan fingerprint density at radius 2 is 0.648 bits per heavy atom. The van der Waals surface area contributed by atoms with E-state index in [-0.39, 0.29) is 0 Å². The molecule has 0 atom stereocenters. The summed E-state index contributed by atoms with van der Waals surface area (Å²) in [5, 5.41) is 5.06. The number of nitrogens with zero attached hydrogens (tertiary/aromatic N) is 2. The molecule has 4 heteroatoms. The van der Waals surface area contributed by atoms with Crippen LogP contribution in [-0.2, 0) is 0 Å². The van der Waals surface area contributed by atoms with Gasteiger partial charge in [-0.1, -0.05) is 170 Å². The first-order chi connectivity index (χ1) is 35.1. The smallest absolute Gasteiger partial charge is 0.0475 e. The third kappa shape index (κ3) is 7.84. The van der Waals surface area contributed by atoms with Gasteiger partial charge in [0.25, 0.3) is 0 Å². The Morgan fingerprint density at radius 1 is 0.254 bits per heavy atom. The van der Waals surface area contributed by atoms with Crippen molar-refractivity contribution in [1.29, 1.82) is 0 Å². The molecule has 0 fully saturated rings. The normalized spacial score (nSPS) is 11.5. The summed E-state index contributed by atoms with van der Waals surface area (Å²) in [7, 11) is 0. The Labute approximate surface area is 422 Å². The number of rotatable bonds is 10. The maximum atomic E-state index is 2.45. The van der Waals surface area contributed by atoms with E-state index in [1.54, 1.807) is 0 Å². The fourth-order valence-corrected chi connectivity index (χ4v) is 12.9. The van der Waals surface area contributed by atoms with Gasteiger partial charge in [-0.25, -0.2) is 0 Å². The van der Waals surface area contributed by atoms with Gasteiger partial charge in [0.2, 0.25) is 0 Å². The summed E-state index contributed by atoms with van der Waals surface area (Å²) in [6, 6.07) is 95.5. The molecule has 2 nitrogen and oxygen atoms in total. The summed E-state index contributed by atoms with van der Waals surface area (Å²) < 4.78 is 5.14. The van der Waals surface area contributed by atoms with Crippen LogP contribution < -0.4 is 9.80 Å². The maximum Gasteiger partial charge on any atom is 0.0475 e. The Bertz CT molecular complexity index is 4020. The Morgan fingerprint density at radius 3 is 1.15 bits per heavy atom. The second kappa shape index (κ2) is 18.1. The first-order valence-electron chi connectivity index (χ1n) is 24.1. The summed E-state index contributed by atoms with van der Waals surface area (Å²) in [4.78, 5) is 4.83. The van der Waals surface area contributed by atoms with Gasteiger partial charge in [0, 0.05) is 85.6 Å². The third-order valence-electron chi connectivity index (χ3n) is 13.6. The molecular weight excluding hydrogens is 897 g/mol. The van der Waals surface area contributed by atoms with Gasteiger partial charge in [-0.3, -0.25) is 0 Å². The molecule has 11 aromatic carbocycles. The van der Waals surface area contributed by atoms with E-state index in [4.69, 9.17) is 0 Å². The average molecular weight is 943 g/mol. The first kappa shape index (κ1) is 42.6. The molecule has 0 spiro atoms. The highest BCUT2D eigenvalue weighted by Crippen LogP contribution is 2.49. The van der Waals surface area contributed by atoms with Crippen LogP contribution in [0.3, 0.4) is 0 Å². The van der Waals surface area contributed by atoms with E-state index in [1.165, 1.54) is 90.4 Å². The summed E-state index contributed by atoms with van der Waals surface area (Å²) in [6.45, 7) is 2.25. The van der Waals surface area contributed by atoms with Gasteiger partial charge in [0.1, 0.15) is 0 Å². The van der Waals surface area contributed by atoms with Crippen LogP contribution in [0.25, 0.3) is 84.9 Å². The van der Waals surface area contributed by atoms with Crippen molar-refractivity contribution in [1.82, 2.24) is 0 Å². The molecule has 0 saturated carbocycles. The minimum absolute atomic E-state index is 1.09. The molecule has 0 aliphatic heterocycles. The van der Waals surface area contributed by atoms with Crippen molar-refractivity contribution in [2.75, 3.05) is 9.80 Å². The van der Waals surface area contributed by atoms with Crippen LogP contribution in [0.5, 0.6) is 0 Å². The molecule has 2 aromatic heterocycles. The fraction of sp³-hybridized carbons (Fsp3) is 0.0149. The first-order valence-corrected chi connectivity index (χ1v) is 25.8. The lowest BCUT2D eigenvalue weighted by Crippen LogP contribution is -2.10. The summed E-state index contributed by atoms with van der Waals surface area (Å²) in [6.07, 6.45) is 0. The lowest BCUT2D eigenvalue weighted by atomic mass is 9.93. The van der Waals surface area contributed by atoms with Crippen molar-refractivity contribution >= 4 is 97.1 Å². The molecule has 13 rings (SSSR count). The largest absolute Gasteiger partial charge is 0.310 e. The van der Waals surface area contributed by atoms with E-state index in [0.29, 0.717) is 0 Å². The Hall–Kier alpha value is -8.54. The number of aryl methyl sites for hydroxylation is 1. The number of hydrogen-bond acceptors (Lipinski definition) is 4. The van der Waals surface area contributed by atoms with Gasteiger partial charge in [-0.15, -0.1) is 22.7 Å². The predicted molar refractivity (Wildman–Crippen MR) is 308 cm³/mol. The summed E-state index contributed by atoms with van der Waals surface area (Å²) in [5.74, 6) is 0. The van der Waals surface area contributed by atoms with Crippen molar-refractivity contribution in [3.8, 4) is 44.5 Å². The molecule has 0 amide bonds. The molecule has 0 aliphatic carbocycles. The van der Waals surface area contributed by atoms with Gasteiger partial charge in [-0.05, 0) is 137 Å². The van der Waals surface area contributed by atoms with Crippen LogP contribution in [0.15, 0.2) is 261 Å². The van der Waals surface area contributed by atoms with Crippen LogP contribution >= 0.6 is 22.7 Å². The second-order valence-electron chi connectivity index (χ2n) is 18.2. The highest BCUT2D eigenvalue weighted by Gasteiger charge is 2.22. The summed E-state index contributed by atoms with van der Waals surface area (Å²) in [5.41, 5.74) is 17.5. The van der Waals surface area contributed by atoms with Crippen LogP contribution in [0, 0.1) is 6.92 Å². The van der Waals surface area contributed by atoms with Crippen molar-refractivity contribution in [2.24, 2.45) is 0 Å². The predicted octanol–water partition coefficient (Wildman–Crippen LogP) is 20.3. The average Bonchev–Trinajstić information content (AvgIpc) is 4.00. The number of benzene rings is 11. The third-order valence-corrected chi connectivity index (χ3v) is 16.1. The van der Waals surface area contributed by atoms with Crippen molar-refractivity contribution in [3.63, 3.8) is 0 Å². The van der Waals surface area contributed by atoms with Gasteiger partial charge in [-0.2, -0.15) is 0 Å². The Balaban J connectivity index is 1.03. The van der Waals surface area contributed by atoms with Crippen LogP contribution in [-0.4, -0.2) is 0 Å². The zero-order valence-corrected chi connectivity index (χ0v) is 40.7. The molecule has 13 aromatic rings. The van der Waals surface area contributed by atoms with Gasteiger partial charge < -0.3 is 9.80 Å². The SMILES string of the molecule is Cc1cc(-c2cc(N(c3ccccc3)c3ccccc3)cc3c2sc2ccccc23)cc(-c2cc(N(c3ccccc3)c3cccc(-c4ccccc4-c4ccccc4)c3)cc3c2sc2ccccc23)c1. The Kier molecular flexibility index (Phi) is 10.8. The standard InChI is InChI=1S/C67H46N2S2/c1-45-37-48(60-41-54(43-62-58-33-16-18-35-64(58)70-66(60)62)68(50-24-8-3-9-25-50)51-26-10-4-11-27-51)39-49(38-45)61-42-55(44-63-59-34-17-19-36-65(59)71-67(61)63)69(52-28-12-5-13-29-52)53-30-20-23-47(40-53)57-32-15-14-31-56(57)46-21-6-2-7-22-46/h2-44H,1H3. The van der Waals surface area contributed by atoms with Crippen LogP contribution in [0.4, 0.5) is 34.1 Å². The zero-order chi connectivity index (χ0) is 47.3. The van der Waals surface area contributed by atoms with E-state index in [1.807, 2.05) is 22.7 Å². The van der Waals surface area contributed by atoms with Gasteiger partial charge in [0.15, 0.2) is 0 Å². The highest BCUT2D eigenvalue weighted by atomic mass is 32.1. The highest BCUT2D eigenvalue weighted by molar-refractivity contribution is 7.26. The molecule has 0 aliphatic rings. The monoisotopic (exact) mass is 942 g/mol. The van der Waals surface area contributed by atoms with E-state index in [0.717, 1.165) is 34.1 Å². The molecule has 0 bridgehead atoms. The van der Waals surface area contributed by atoms with Crippen LogP contribution in [0.1, 0.15) is 5.56 Å². The number of para-hydroxylation sites is 3. The van der Waals surface area contributed by atoms with Crippen molar-refractivity contribution < 1.29 is 0 Å². The second-order valence-corrected chi connectivity index (χ2v) is 20.3. The number of anilines is 6. The van der Waals surface area contributed by atoms with Crippen molar-refractivity contribution in [2.45, 2.75) is 6.92 Å². The molecule has 0 radical (unpaired) electrons. The quantitative estimate of drug-likeness (QED) is 0.135. The molecule has 336 valence electrons. The molecule has 0 saturated heterocycles. The minimum Gasteiger partial charge on any atom is -0.310 e. The molecule has 0 unspecified atom stereocenters. The lowest BCUT2D eigenvalue weighted by Gasteiger charge is -2.27. The van der Waals surface area contributed by atoms with Crippen molar-refractivity contribution in [3.05, 3.63) is 266 Å². The molecule has 71 heavy (non-hydrogen) atoms. The van der Waals surface area contributed by atoms with E-state index >= 15 is 0 Å². The lowest BCUT2D eigenvalue weighted by molar-refractivity contribution is 1.29. The topological polar surface area (TPSA) is 6.48 Å². The van der Waals surface area contributed by atoms with E-state index in [2.05, 4.69) is 278 Å². The fourth-order valence-electron chi connectivity index (χ4n) is 10.4. The number of fused-ring (bicyclic) bond motifs is 6.